The number of hydrogen-bond acceptors (Lipinski definition) is 4. The molecule has 0 unspecified atom stereocenters. The number of aliphatic hydroxyl groups is 1. The summed E-state index contributed by atoms with van der Waals surface area (Å²) in [5.74, 6) is 0. The summed E-state index contributed by atoms with van der Waals surface area (Å²) in [4.78, 5) is 0.104. The zero-order chi connectivity index (χ0) is 13.9. The van der Waals surface area contributed by atoms with Gasteiger partial charge in [-0.1, -0.05) is 18.2 Å². The first-order chi connectivity index (χ1) is 9.05. The third-order valence-electron chi connectivity index (χ3n) is 2.72. The summed E-state index contributed by atoms with van der Waals surface area (Å²) in [5, 5.41) is 12.7. The molecule has 0 saturated carbocycles. The maximum Gasteiger partial charge on any atom is 0.267 e. The Morgan fingerprint density at radius 1 is 1.32 bits per heavy atom. The minimum atomic E-state index is -3.62. The summed E-state index contributed by atoms with van der Waals surface area (Å²) in [7, 11) is -2.13. The van der Waals surface area contributed by atoms with Crippen LogP contribution in [0.1, 0.15) is 0 Å². The summed E-state index contributed by atoms with van der Waals surface area (Å²) in [6.07, 6.45) is 2.69. The van der Waals surface area contributed by atoms with Gasteiger partial charge in [0, 0.05) is 13.2 Å². The van der Waals surface area contributed by atoms with Gasteiger partial charge in [-0.05, 0) is 12.1 Å². The molecule has 0 atom stereocenters. The first-order valence-electron chi connectivity index (χ1n) is 5.73. The molecule has 2 rings (SSSR count). The van der Waals surface area contributed by atoms with E-state index in [2.05, 4.69) is 5.10 Å². The monoisotopic (exact) mass is 281 g/mol. The summed E-state index contributed by atoms with van der Waals surface area (Å²) in [6, 6.07) is 8.81. The highest BCUT2D eigenvalue weighted by Gasteiger charge is 2.22. The predicted molar refractivity (Wildman–Crippen MR) is 71.3 cm³/mol. The number of hydrogen-bond donors (Lipinski definition) is 1. The van der Waals surface area contributed by atoms with Gasteiger partial charge in [-0.3, -0.25) is 8.99 Å². The third-order valence-corrected chi connectivity index (χ3v) is 4.46. The van der Waals surface area contributed by atoms with Gasteiger partial charge in [-0.2, -0.15) is 5.10 Å². The molecule has 0 radical (unpaired) electrons. The Kier molecular flexibility index (Phi) is 3.87. The summed E-state index contributed by atoms with van der Waals surface area (Å²) in [5.41, 5.74) is 0.581. The van der Waals surface area contributed by atoms with E-state index in [9.17, 15) is 8.42 Å². The number of nitrogens with zero attached hydrogens (tertiary/aromatic N) is 3. The van der Waals surface area contributed by atoms with Crippen molar-refractivity contribution >= 4 is 15.7 Å². The molecule has 19 heavy (non-hydrogen) atoms. The highest BCUT2D eigenvalue weighted by atomic mass is 32.2. The van der Waals surface area contributed by atoms with Gasteiger partial charge in [0.1, 0.15) is 4.90 Å². The van der Waals surface area contributed by atoms with E-state index in [1.807, 2.05) is 6.07 Å². The normalized spacial score (nSPS) is 11.5. The number of aliphatic hydroxyl groups excluding tert-OH is 1. The molecular formula is C12H15N3O3S. The van der Waals surface area contributed by atoms with Crippen molar-refractivity contribution in [2.75, 3.05) is 18.0 Å². The van der Waals surface area contributed by atoms with Crippen molar-refractivity contribution in [1.82, 2.24) is 9.78 Å². The first kappa shape index (κ1) is 13.6. The summed E-state index contributed by atoms with van der Waals surface area (Å²) < 4.78 is 27.3. The van der Waals surface area contributed by atoms with Crippen LogP contribution in [0.4, 0.5) is 5.69 Å². The number of sulfonamides is 1. The predicted octanol–water partition coefficient (Wildman–Crippen LogP) is 0.701. The van der Waals surface area contributed by atoms with Crippen LogP contribution in [0, 0.1) is 0 Å². The van der Waals surface area contributed by atoms with Gasteiger partial charge < -0.3 is 5.11 Å². The second-order valence-corrected chi connectivity index (χ2v) is 5.94. The fourth-order valence-corrected chi connectivity index (χ4v) is 2.79. The molecule has 7 heteroatoms. The highest BCUT2D eigenvalue weighted by Crippen LogP contribution is 2.20. The van der Waals surface area contributed by atoms with Crippen LogP contribution in [0.5, 0.6) is 0 Å². The molecule has 0 spiro atoms. The van der Waals surface area contributed by atoms with Crippen LogP contribution >= 0.6 is 0 Å². The first-order valence-corrected chi connectivity index (χ1v) is 7.17. The minimum absolute atomic E-state index is 0.0876. The van der Waals surface area contributed by atoms with Gasteiger partial charge in [0.2, 0.25) is 0 Å². The smallest absolute Gasteiger partial charge is 0.267 e. The van der Waals surface area contributed by atoms with Gasteiger partial charge in [-0.25, -0.2) is 8.42 Å². The van der Waals surface area contributed by atoms with E-state index >= 15 is 0 Å². The largest absolute Gasteiger partial charge is 0.394 e. The van der Waals surface area contributed by atoms with Gasteiger partial charge in [0.25, 0.3) is 10.0 Å². The molecule has 0 aliphatic rings. The topological polar surface area (TPSA) is 75.4 Å². The fraction of sp³-hybridized carbons (Fsp3) is 0.250. The molecule has 1 heterocycles. The second kappa shape index (κ2) is 5.41. The van der Waals surface area contributed by atoms with Crippen LogP contribution in [0.15, 0.2) is 47.6 Å². The lowest BCUT2D eigenvalue weighted by Crippen LogP contribution is -2.26. The van der Waals surface area contributed by atoms with E-state index < -0.39 is 10.0 Å². The quantitative estimate of drug-likeness (QED) is 0.875. The SMILES string of the molecule is CN(c1ccccc1)S(=O)(=O)c1cnn(CCO)c1. The molecule has 6 nitrogen and oxygen atoms in total. The number of anilines is 1. The average molecular weight is 281 g/mol. The van der Waals surface area contributed by atoms with E-state index in [1.165, 1.54) is 28.4 Å². The zero-order valence-electron chi connectivity index (χ0n) is 10.5. The molecule has 0 aliphatic heterocycles. The highest BCUT2D eigenvalue weighted by molar-refractivity contribution is 7.92. The van der Waals surface area contributed by atoms with Crippen molar-refractivity contribution in [3.63, 3.8) is 0 Å². The van der Waals surface area contributed by atoms with Gasteiger partial charge in [-0.15, -0.1) is 0 Å². The average Bonchev–Trinajstić information content (AvgIpc) is 2.89. The van der Waals surface area contributed by atoms with Crippen LogP contribution in [0.25, 0.3) is 0 Å². The van der Waals surface area contributed by atoms with Crippen molar-refractivity contribution in [3.8, 4) is 0 Å². The van der Waals surface area contributed by atoms with Gasteiger partial charge >= 0.3 is 0 Å². The number of aromatic nitrogens is 2. The van der Waals surface area contributed by atoms with Crippen LogP contribution in [-0.2, 0) is 16.6 Å². The standard InChI is InChI=1S/C12H15N3O3S/c1-14(11-5-3-2-4-6-11)19(17,18)12-9-13-15(10-12)7-8-16/h2-6,9-10,16H,7-8H2,1H3. The number of benzene rings is 1. The molecule has 0 amide bonds. The minimum Gasteiger partial charge on any atom is -0.394 e. The van der Waals surface area contributed by atoms with E-state index in [1.54, 1.807) is 24.3 Å². The molecule has 102 valence electrons. The van der Waals surface area contributed by atoms with Crippen molar-refractivity contribution in [1.29, 1.82) is 0 Å². The Hall–Kier alpha value is -1.86. The van der Waals surface area contributed by atoms with Crippen LogP contribution in [-0.4, -0.2) is 37.0 Å². The lowest BCUT2D eigenvalue weighted by atomic mass is 10.3. The van der Waals surface area contributed by atoms with Gasteiger partial charge in [0.05, 0.1) is 25.0 Å². The lowest BCUT2D eigenvalue weighted by molar-refractivity contribution is 0.269. The number of para-hydroxylation sites is 1. The zero-order valence-corrected chi connectivity index (χ0v) is 11.3. The third kappa shape index (κ3) is 2.77. The lowest BCUT2D eigenvalue weighted by Gasteiger charge is -2.18. The second-order valence-electron chi connectivity index (χ2n) is 3.97. The van der Waals surface area contributed by atoms with Crippen molar-refractivity contribution in [2.45, 2.75) is 11.4 Å². The summed E-state index contributed by atoms with van der Waals surface area (Å²) in [6.45, 7) is 0.181. The fourth-order valence-electron chi connectivity index (χ4n) is 1.64. The molecule has 1 aromatic heterocycles. The van der Waals surface area contributed by atoms with Crippen LogP contribution < -0.4 is 4.31 Å². The van der Waals surface area contributed by atoms with Crippen LogP contribution in [0.3, 0.4) is 0 Å². The maximum absolute atomic E-state index is 12.4. The Bertz CT molecular complexity index is 637. The van der Waals surface area contributed by atoms with E-state index in [0.717, 1.165) is 0 Å². The number of rotatable bonds is 5. The Balaban J connectivity index is 2.31. The molecule has 0 aliphatic carbocycles. The van der Waals surface area contributed by atoms with Gasteiger partial charge in [0.15, 0.2) is 0 Å². The Labute approximate surface area is 112 Å². The molecule has 1 aromatic carbocycles. The van der Waals surface area contributed by atoms with E-state index in [-0.39, 0.29) is 18.0 Å². The molecule has 2 aromatic rings. The Morgan fingerprint density at radius 2 is 2.00 bits per heavy atom. The van der Waals surface area contributed by atoms with Crippen molar-refractivity contribution in [2.24, 2.45) is 0 Å². The summed E-state index contributed by atoms with van der Waals surface area (Å²) >= 11 is 0. The molecule has 0 saturated heterocycles. The molecule has 0 fully saturated rings. The molecular weight excluding hydrogens is 266 g/mol. The van der Waals surface area contributed by atoms with E-state index in [0.29, 0.717) is 5.69 Å². The van der Waals surface area contributed by atoms with Crippen molar-refractivity contribution in [3.05, 3.63) is 42.7 Å². The van der Waals surface area contributed by atoms with Crippen LogP contribution in [0.2, 0.25) is 0 Å². The Morgan fingerprint density at radius 3 is 2.63 bits per heavy atom. The van der Waals surface area contributed by atoms with Crippen molar-refractivity contribution < 1.29 is 13.5 Å². The molecule has 1 N–H and O–H groups in total. The maximum atomic E-state index is 12.4. The van der Waals surface area contributed by atoms with E-state index in [4.69, 9.17) is 5.11 Å². The molecule has 0 bridgehead atoms.